The summed E-state index contributed by atoms with van der Waals surface area (Å²) in [5, 5.41) is 11.6. The molecule has 3 saturated carbocycles. The van der Waals surface area contributed by atoms with Crippen LogP contribution in [0.25, 0.3) is 0 Å². The molecule has 42 heavy (non-hydrogen) atoms. The van der Waals surface area contributed by atoms with Crippen LogP contribution in [0.4, 0.5) is 18.4 Å². The van der Waals surface area contributed by atoms with E-state index in [1.165, 1.54) is 19.1 Å². The van der Waals surface area contributed by atoms with Crippen molar-refractivity contribution in [3.63, 3.8) is 0 Å². The summed E-state index contributed by atoms with van der Waals surface area (Å²) in [4.78, 5) is 51.3. The predicted molar refractivity (Wildman–Crippen MR) is 146 cm³/mol. The number of rotatable bonds is 8. The Morgan fingerprint density at radius 2 is 1.79 bits per heavy atom. The van der Waals surface area contributed by atoms with Crippen molar-refractivity contribution < 1.29 is 52.0 Å². The van der Waals surface area contributed by atoms with E-state index in [1.807, 2.05) is 13.8 Å². The van der Waals surface area contributed by atoms with Gasteiger partial charge in [-0.3, -0.25) is 9.59 Å². The van der Waals surface area contributed by atoms with E-state index >= 15 is 8.78 Å². The third-order valence-corrected chi connectivity index (χ3v) is 10.1. The van der Waals surface area contributed by atoms with Gasteiger partial charge >= 0.3 is 12.3 Å². The highest BCUT2D eigenvalue weighted by Crippen LogP contribution is 2.71. The number of ether oxygens (including phenoxy) is 4. The first-order chi connectivity index (χ1) is 19.6. The molecule has 4 aliphatic rings. The second-order valence-electron chi connectivity index (χ2n) is 13.1. The normalized spacial score (nSPS) is 40.4. The third-order valence-electron chi connectivity index (χ3n) is 10.1. The van der Waals surface area contributed by atoms with E-state index in [0.29, 0.717) is 6.42 Å². The van der Waals surface area contributed by atoms with Crippen LogP contribution >= 0.6 is 0 Å². The van der Waals surface area contributed by atoms with Crippen LogP contribution in [0, 0.1) is 34.5 Å². The molecule has 0 spiro atoms. The number of halogens is 2. The van der Waals surface area contributed by atoms with Crippen molar-refractivity contribution in [1.29, 1.82) is 0 Å². The van der Waals surface area contributed by atoms with Crippen molar-refractivity contribution in [1.82, 2.24) is 0 Å². The first-order valence-electron chi connectivity index (χ1n) is 14.7. The predicted octanol–water partition coefficient (Wildman–Crippen LogP) is 5.23. The molecule has 0 bridgehead atoms. The maximum atomic E-state index is 17.5. The quantitative estimate of drug-likeness (QED) is 0.375. The molecule has 4 rings (SSSR count). The number of allylic oxidation sites excluding steroid dienone is 4. The van der Waals surface area contributed by atoms with Crippen LogP contribution in [0.1, 0.15) is 67.2 Å². The number of hydrogen-bond donors (Lipinski definition) is 1. The van der Waals surface area contributed by atoms with Gasteiger partial charge in [-0.25, -0.2) is 18.4 Å². The summed E-state index contributed by atoms with van der Waals surface area (Å²) in [6.07, 6.45) is -1.93. The molecule has 234 valence electrons. The highest BCUT2D eigenvalue weighted by atomic mass is 19.1. The van der Waals surface area contributed by atoms with Gasteiger partial charge in [0.15, 0.2) is 23.7 Å². The lowest BCUT2D eigenvalue weighted by molar-refractivity contribution is -0.226. The van der Waals surface area contributed by atoms with Crippen LogP contribution in [0.15, 0.2) is 23.8 Å². The zero-order valence-electron chi connectivity index (χ0n) is 25.1. The average Bonchev–Trinajstić information content (AvgIpc) is 3.14. The molecule has 0 unspecified atom stereocenters. The first kappa shape index (κ1) is 32.1. The van der Waals surface area contributed by atoms with Crippen LogP contribution in [0.3, 0.4) is 0 Å². The summed E-state index contributed by atoms with van der Waals surface area (Å²) in [6.45, 7) is 9.52. The summed E-state index contributed by atoms with van der Waals surface area (Å²) in [5.41, 5.74) is -7.36. The summed E-state index contributed by atoms with van der Waals surface area (Å²) < 4.78 is 54.5. The Balaban J connectivity index is 1.75. The largest absolute Gasteiger partial charge is 0.509 e. The van der Waals surface area contributed by atoms with Crippen molar-refractivity contribution in [2.45, 2.75) is 90.8 Å². The number of carbonyl (C=O) groups excluding carboxylic acids is 4. The molecule has 9 nitrogen and oxygen atoms in total. The van der Waals surface area contributed by atoms with Crippen molar-refractivity contribution >= 4 is 23.9 Å². The van der Waals surface area contributed by atoms with E-state index in [0.717, 1.165) is 6.08 Å². The highest BCUT2D eigenvalue weighted by Gasteiger charge is 2.78. The van der Waals surface area contributed by atoms with Crippen molar-refractivity contribution in [2.75, 3.05) is 19.8 Å². The number of alkyl halides is 2. The Morgan fingerprint density at radius 3 is 2.43 bits per heavy atom. The second-order valence-corrected chi connectivity index (χ2v) is 13.1. The van der Waals surface area contributed by atoms with Crippen molar-refractivity contribution in [3.05, 3.63) is 23.8 Å². The van der Waals surface area contributed by atoms with Gasteiger partial charge in [0.2, 0.25) is 5.78 Å². The summed E-state index contributed by atoms with van der Waals surface area (Å²) in [6, 6.07) is 0. The van der Waals surface area contributed by atoms with E-state index in [1.54, 1.807) is 20.8 Å². The average molecular weight is 597 g/mol. The molecule has 4 aliphatic carbocycles. The van der Waals surface area contributed by atoms with Gasteiger partial charge in [0.05, 0.1) is 19.3 Å². The fourth-order valence-electron chi connectivity index (χ4n) is 8.25. The van der Waals surface area contributed by atoms with Crippen LogP contribution in [-0.4, -0.2) is 72.3 Å². The molecule has 11 heteroatoms. The van der Waals surface area contributed by atoms with E-state index in [-0.39, 0.29) is 44.0 Å². The molecule has 0 saturated heterocycles. The van der Waals surface area contributed by atoms with Gasteiger partial charge in [-0.1, -0.05) is 40.7 Å². The monoisotopic (exact) mass is 596 g/mol. The lowest BCUT2D eigenvalue weighted by atomic mass is 9.44. The van der Waals surface area contributed by atoms with E-state index < -0.39 is 82.6 Å². The molecule has 9 atom stereocenters. The molecule has 0 aromatic heterocycles. The molecule has 0 aliphatic heterocycles. The Bertz CT molecular complexity index is 1180. The molecule has 0 aromatic rings. The zero-order valence-corrected chi connectivity index (χ0v) is 25.1. The van der Waals surface area contributed by atoms with Gasteiger partial charge in [0.25, 0.3) is 0 Å². The summed E-state index contributed by atoms with van der Waals surface area (Å²) in [7, 11) is 0. The Labute approximate surface area is 245 Å². The molecule has 0 radical (unpaired) electrons. The Morgan fingerprint density at radius 1 is 1.10 bits per heavy atom. The SMILES string of the molecule is CCCOC(=O)O[C@]1(C(=O)COC(=O)OCC(C)C)[C@H](C)C[C@H]2[C@@H]3C[C@H](F)C4=CC(=O)C=C[C@]4(C)[C@@]3(F)[C@@H](O)C[C@@]21C. The minimum atomic E-state index is -2.37. The number of hydrogen-bond acceptors (Lipinski definition) is 9. The maximum Gasteiger partial charge on any atom is 0.509 e. The number of aliphatic hydroxyl groups is 1. The Hall–Kier alpha value is -2.82. The number of Topliss-reactive ketones (excluding diaryl/α,β-unsaturated/α-hetero) is 1. The molecule has 3 fully saturated rings. The lowest BCUT2D eigenvalue weighted by Gasteiger charge is -2.63. The fourth-order valence-corrected chi connectivity index (χ4v) is 8.25. The second kappa shape index (κ2) is 11.4. The number of fused-ring (bicyclic) bond motifs is 5. The fraction of sp³-hybridized carbons (Fsp3) is 0.742. The molecule has 0 amide bonds. The van der Waals surface area contributed by atoms with Gasteiger partial charge in [-0.05, 0) is 62.2 Å². The zero-order chi connectivity index (χ0) is 31.3. The van der Waals surface area contributed by atoms with E-state index in [9.17, 15) is 24.3 Å². The Kier molecular flexibility index (Phi) is 8.68. The highest BCUT2D eigenvalue weighted by molar-refractivity contribution is 6.01. The molecule has 1 N–H and O–H groups in total. The van der Waals surface area contributed by atoms with Crippen LogP contribution in [-0.2, 0) is 28.5 Å². The molecular formula is C31H42F2O9. The van der Waals surface area contributed by atoms with Gasteiger partial charge in [-0.2, -0.15) is 0 Å². The lowest BCUT2D eigenvalue weighted by Crippen LogP contribution is -2.71. The minimum absolute atomic E-state index is 0.0162. The summed E-state index contributed by atoms with van der Waals surface area (Å²) >= 11 is 0. The molecule has 0 heterocycles. The molecule has 0 aromatic carbocycles. The first-order valence-corrected chi connectivity index (χ1v) is 14.7. The van der Waals surface area contributed by atoms with Crippen LogP contribution in [0.5, 0.6) is 0 Å². The van der Waals surface area contributed by atoms with Crippen LogP contribution in [0.2, 0.25) is 0 Å². The van der Waals surface area contributed by atoms with Crippen molar-refractivity contribution in [3.8, 4) is 0 Å². The van der Waals surface area contributed by atoms with E-state index in [4.69, 9.17) is 18.9 Å². The van der Waals surface area contributed by atoms with Crippen LogP contribution < -0.4 is 0 Å². The number of ketones is 2. The van der Waals surface area contributed by atoms with Gasteiger partial charge < -0.3 is 24.1 Å². The smallest absolute Gasteiger partial charge is 0.434 e. The topological polar surface area (TPSA) is 125 Å². The molecular weight excluding hydrogens is 554 g/mol. The number of carbonyl (C=O) groups is 4. The van der Waals surface area contributed by atoms with Gasteiger partial charge in [0.1, 0.15) is 6.17 Å². The van der Waals surface area contributed by atoms with Gasteiger partial charge in [-0.15, -0.1) is 0 Å². The van der Waals surface area contributed by atoms with Gasteiger partial charge in [0, 0.05) is 22.7 Å². The van der Waals surface area contributed by atoms with Crippen molar-refractivity contribution in [2.24, 2.45) is 34.5 Å². The minimum Gasteiger partial charge on any atom is -0.434 e. The number of aliphatic hydroxyl groups excluding tert-OH is 1. The van der Waals surface area contributed by atoms with E-state index in [2.05, 4.69) is 0 Å². The summed E-state index contributed by atoms with van der Waals surface area (Å²) in [5.74, 6) is -3.74. The maximum absolute atomic E-state index is 17.5. The third kappa shape index (κ3) is 4.75. The standard InChI is InChI=1S/C31H42F2O9/c1-7-10-39-27(38)42-31(25(36)16-41-26(37)40-15-17(2)3)18(4)11-20-21-13-23(32)22-12-19(34)8-9-28(22,5)30(21,33)24(35)14-29(20,31)6/h8-9,12,17-18,20-21,23-24,35H,7,10-11,13-16H2,1-6H3/t18-,20+,21+,23+,24+,28+,29+,30+,31+/m1/s1.